The lowest BCUT2D eigenvalue weighted by Gasteiger charge is -2.04. The number of carbonyl (C=O) groups is 1. The highest BCUT2D eigenvalue weighted by molar-refractivity contribution is 6.46. The molecule has 0 saturated heterocycles. The van der Waals surface area contributed by atoms with Crippen LogP contribution in [0.3, 0.4) is 0 Å². The average Bonchev–Trinajstić information content (AvgIpc) is 2.07. The Labute approximate surface area is 93.7 Å². The summed E-state index contributed by atoms with van der Waals surface area (Å²) < 4.78 is 0. The number of carboxylic acids is 1. The Morgan fingerprint density at radius 2 is 1.79 bits per heavy atom. The van der Waals surface area contributed by atoms with Crippen LogP contribution in [0.2, 0.25) is 15.2 Å². The molecule has 0 saturated carbocycles. The second-order valence-corrected chi connectivity index (χ2v) is 3.21. The van der Waals surface area contributed by atoms with Crippen LogP contribution in [0.4, 0.5) is 5.69 Å². The highest BCUT2D eigenvalue weighted by atomic mass is 35.5. The van der Waals surface area contributed by atoms with Crippen LogP contribution in [0.15, 0.2) is 0 Å². The number of aromatic carboxylic acids is 1. The average molecular weight is 259 g/mol. The molecule has 0 aromatic carbocycles. The first-order chi connectivity index (χ1) is 5.95. The largest absolute Gasteiger partial charge is 0.476 e. The molecule has 5 N–H and O–H groups in total. The van der Waals surface area contributed by atoms with Crippen molar-refractivity contribution < 1.29 is 15.4 Å². The van der Waals surface area contributed by atoms with Crippen molar-refractivity contribution in [1.82, 2.24) is 4.98 Å². The van der Waals surface area contributed by atoms with Crippen LogP contribution < -0.4 is 5.73 Å². The lowest BCUT2D eigenvalue weighted by molar-refractivity contribution is 0.0691. The third kappa shape index (κ3) is 2.19. The third-order valence-corrected chi connectivity index (χ3v) is 2.41. The summed E-state index contributed by atoms with van der Waals surface area (Å²) in [5.74, 6) is -1.31. The van der Waals surface area contributed by atoms with E-state index >= 15 is 0 Å². The highest BCUT2D eigenvalue weighted by Crippen LogP contribution is 2.34. The molecule has 0 spiro atoms. The fourth-order valence-electron chi connectivity index (χ4n) is 0.673. The molecule has 0 unspecified atom stereocenters. The van der Waals surface area contributed by atoms with Gasteiger partial charge in [-0.2, -0.15) is 0 Å². The summed E-state index contributed by atoms with van der Waals surface area (Å²) in [6, 6.07) is 0. The number of aromatic nitrogens is 1. The van der Waals surface area contributed by atoms with Gasteiger partial charge in [0.15, 0.2) is 10.8 Å². The first-order valence-corrected chi connectivity index (χ1v) is 4.11. The van der Waals surface area contributed by atoms with Crippen molar-refractivity contribution in [3.8, 4) is 0 Å². The van der Waals surface area contributed by atoms with E-state index in [1.54, 1.807) is 0 Å². The van der Waals surface area contributed by atoms with Crippen molar-refractivity contribution in [2.45, 2.75) is 0 Å². The van der Waals surface area contributed by atoms with E-state index in [-0.39, 0.29) is 26.4 Å². The number of anilines is 1. The maximum atomic E-state index is 10.5. The minimum atomic E-state index is -1.31. The smallest absolute Gasteiger partial charge is 0.356 e. The van der Waals surface area contributed by atoms with Gasteiger partial charge in [-0.25, -0.2) is 9.78 Å². The van der Waals surface area contributed by atoms with Crippen LogP contribution in [0, 0.1) is 0 Å². The molecule has 5 nitrogen and oxygen atoms in total. The third-order valence-electron chi connectivity index (χ3n) is 1.27. The summed E-state index contributed by atoms with van der Waals surface area (Å²) in [7, 11) is 0. The molecule has 1 rings (SSSR count). The van der Waals surface area contributed by atoms with E-state index in [4.69, 9.17) is 45.6 Å². The minimum Gasteiger partial charge on any atom is -0.476 e. The van der Waals surface area contributed by atoms with Crippen molar-refractivity contribution in [2.75, 3.05) is 5.73 Å². The zero-order valence-electron chi connectivity index (χ0n) is 6.51. The summed E-state index contributed by atoms with van der Waals surface area (Å²) in [4.78, 5) is 14.0. The normalized spacial score (nSPS) is 9.36. The Bertz CT molecular complexity index is 383. The number of hydrogen-bond donors (Lipinski definition) is 2. The van der Waals surface area contributed by atoms with Gasteiger partial charge < -0.3 is 16.3 Å². The zero-order chi connectivity index (χ0) is 10.2. The van der Waals surface area contributed by atoms with Crippen molar-refractivity contribution >= 4 is 46.5 Å². The van der Waals surface area contributed by atoms with Crippen LogP contribution in [0.25, 0.3) is 0 Å². The molecule has 0 aliphatic carbocycles. The molecule has 14 heavy (non-hydrogen) atoms. The van der Waals surface area contributed by atoms with Gasteiger partial charge in [0.1, 0.15) is 5.02 Å². The molecular weight excluding hydrogens is 254 g/mol. The molecule has 8 heteroatoms. The Morgan fingerprint density at radius 3 is 2.21 bits per heavy atom. The molecule has 0 atom stereocenters. The Kier molecular flexibility index (Phi) is 4.41. The van der Waals surface area contributed by atoms with E-state index in [1.165, 1.54) is 0 Å². The van der Waals surface area contributed by atoms with Gasteiger partial charge in [-0.3, -0.25) is 0 Å². The number of hydrogen-bond acceptors (Lipinski definition) is 3. The number of rotatable bonds is 1. The van der Waals surface area contributed by atoms with Gasteiger partial charge in [-0.15, -0.1) is 0 Å². The number of nitrogen functional groups attached to an aromatic ring is 1. The van der Waals surface area contributed by atoms with Gasteiger partial charge in [0.05, 0.1) is 10.7 Å². The minimum absolute atomic E-state index is 0. The van der Waals surface area contributed by atoms with Crippen molar-refractivity contribution in [3.05, 3.63) is 20.9 Å². The predicted molar refractivity (Wildman–Crippen MR) is 54.3 cm³/mol. The summed E-state index contributed by atoms with van der Waals surface area (Å²) in [5.41, 5.74) is 4.88. The fraction of sp³-hybridized carbons (Fsp3) is 0. The van der Waals surface area contributed by atoms with Crippen LogP contribution in [0.5, 0.6) is 0 Å². The van der Waals surface area contributed by atoms with E-state index in [1.807, 2.05) is 0 Å². The lowest BCUT2D eigenvalue weighted by atomic mass is 10.3. The summed E-state index contributed by atoms with van der Waals surface area (Å²) in [6.07, 6.45) is 0. The molecule has 0 aliphatic rings. The van der Waals surface area contributed by atoms with Gasteiger partial charge in [0, 0.05) is 0 Å². The van der Waals surface area contributed by atoms with Gasteiger partial charge in [0.2, 0.25) is 0 Å². The van der Waals surface area contributed by atoms with E-state index in [9.17, 15) is 4.79 Å². The van der Waals surface area contributed by atoms with Crippen molar-refractivity contribution in [3.63, 3.8) is 0 Å². The predicted octanol–water partition coefficient (Wildman–Crippen LogP) is 1.50. The quantitative estimate of drug-likeness (QED) is 0.745. The second kappa shape index (κ2) is 4.65. The zero-order valence-corrected chi connectivity index (χ0v) is 8.78. The lowest BCUT2D eigenvalue weighted by Crippen LogP contribution is -2.04. The SMILES string of the molecule is Nc1c(Cl)c(Cl)nc(C(=O)O)c1Cl.O. The van der Waals surface area contributed by atoms with E-state index in [2.05, 4.69) is 4.98 Å². The monoisotopic (exact) mass is 258 g/mol. The second-order valence-electron chi connectivity index (χ2n) is 2.10. The Morgan fingerprint density at radius 1 is 1.29 bits per heavy atom. The molecule has 0 bridgehead atoms. The first kappa shape index (κ1) is 13.2. The maximum Gasteiger partial charge on any atom is 0.356 e. The molecule has 0 fully saturated rings. The Hall–Kier alpha value is -0.750. The van der Waals surface area contributed by atoms with Gasteiger partial charge >= 0.3 is 5.97 Å². The molecule has 0 aliphatic heterocycles. The Balaban J connectivity index is 0.00000169. The van der Waals surface area contributed by atoms with Gasteiger partial charge in [-0.1, -0.05) is 34.8 Å². The van der Waals surface area contributed by atoms with E-state index in [0.29, 0.717) is 0 Å². The maximum absolute atomic E-state index is 10.5. The summed E-state index contributed by atoms with van der Waals surface area (Å²) in [6.45, 7) is 0. The van der Waals surface area contributed by atoms with E-state index in [0.717, 1.165) is 0 Å². The number of nitrogens with zero attached hydrogens (tertiary/aromatic N) is 1. The van der Waals surface area contributed by atoms with Crippen molar-refractivity contribution in [2.24, 2.45) is 0 Å². The molecule has 0 radical (unpaired) electrons. The van der Waals surface area contributed by atoms with Crippen molar-refractivity contribution in [1.29, 1.82) is 0 Å². The number of carboxylic acid groups (broad SMARTS) is 1. The molecule has 78 valence electrons. The topological polar surface area (TPSA) is 108 Å². The number of halogens is 3. The van der Waals surface area contributed by atoms with Crippen LogP contribution in [-0.4, -0.2) is 21.5 Å². The number of pyridine rings is 1. The summed E-state index contributed by atoms with van der Waals surface area (Å²) >= 11 is 16.6. The molecule has 0 amide bonds. The van der Waals surface area contributed by atoms with E-state index < -0.39 is 11.7 Å². The van der Waals surface area contributed by atoms with Crippen LogP contribution in [0.1, 0.15) is 10.5 Å². The van der Waals surface area contributed by atoms with Gasteiger partial charge in [-0.05, 0) is 0 Å². The summed E-state index contributed by atoms with van der Waals surface area (Å²) in [5, 5.41) is 8.17. The molecule has 1 aromatic heterocycles. The molecule has 1 heterocycles. The standard InChI is InChI=1S/C6H3Cl3N2O2.H2O/c7-1-3(10)2(8)5(9)11-4(1)6(12)13;/h(H2,10,11)(H,12,13);1H2. The molecule has 1 aromatic rings. The highest BCUT2D eigenvalue weighted by Gasteiger charge is 2.18. The van der Waals surface area contributed by atoms with Gasteiger partial charge in [0.25, 0.3) is 0 Å². The van der Waals surface area contributed by atoms with Crippen LogP contribution in [-0.2, 0) is 0 Å². The fourth-order valence-corrected chi connectivity index (χ4v) is 1.26. The molecular formula is C6H5Cl3N2O3. The van der Waals surface area contributed by atoms with Crippen LogP contribution >= 0.6 is 34.8 Å². The first-order valence-electron chi connectivity index (χ1n) is 2.98. The number of nitrogens with two attached hydrogens (primary N) is 1.